The molecule has 2 unspecified atom stereocenters. The Hall–Kier alpha value is -2.74. The molecule has 4 nitrogen and oxygen atoms in total. The van der Waals surface area contributed by atoms with Gasteiger partial charge in [0.25, 0.3) is 0 Å². The van der Waals surface area contributed by atoms with Crippen LogP contribution in [0.5, 0.6) is 0 Å². The van der Waals surface area contributed by atoms with E-state index < -0.39 is 32.3 Å². The Balaban J connectivity index is 1.55. The first-order valence-corrected chi connectivity index (χ1v) is 16.3. The van der Waals surface area contributed by atoms with Gasteiger partial charge in [-0.3, -0.25) is 0 Å². The maximum Gasteiger partial charge on any atom is 0.163 e. The monoisotopic (exact) mass is 530 g/mol. The number of hydrogen-bond acceptors (Lipinski definition) is 4. The third-order valence-corrected chi connectivity index (χ3v) is 13.1. The van der Waals surface area contributed by atoms with Gasteiger partial charge in [-0.15, -0.1) is 0 Å². The minimum absolute atomic E-state index is 0.263. The van der Waals surface area contributed by atoms with Gasteiger partial charge in [0.1, 0.15) is 14.3 Å². The Labute approximate surface area is 219 Å². The fourth-order valence-corrected chi connectivity index (χ4v) is 10.8. The van der Waals surface area contributed by atoms with Crippen molar-refractivity contribution in [3.63, 3.8) is 0 Å². The highest BCUT2D eigenvalue weighted by Gasteiger charge is 2.48. The molecule has 0 bridgehead atoms. The zero-order valence-corrected chi connectivity index (χ0v) is 22.9. The van der Waals surface area contributed by atoms with Crippen LogP contribution in [0.4, 0.5) is 0 Å². The first kappa shape index (κ1) is 25.9. The minimum Gasteiger partial charge on any atom is -0.344 e. The molecule has 0 saturated carbocycles. The molecule has 2 atom stereocenters. The highest BCUT2D eigenvalue weighted by atomic mass is 31.2. The maximum absolute atomic E-state index is 14.8. The van der Waals surface area contributed by atoms with Crippen molar-refractivity contribution in [2.24, 2.45) is 0 Å². The summed E-state index contributed by atoms with van der Waals surface area (Å²) in [6, 6.07) is 38.4. The van der Waals surface area contributed by atoms with Crippen LogP contribution in [0, 0.1) is 0 Å². The predicted octanol–water partition coefficient (Wildman–Crippen LogP) is 5.53. The molecule has 0 aliphatic carbocycles. The quantitative estimate of drug-likeness (QED) is 0.281. The molecule has 190 valence electrons. The summed E-state index contributed by atoms with van der Waals surface area (Å²) in [6.45, 7) is 3.73. The Kier molecular flexibility index (Phi) is 7.39. The smallest absolute Gasteiger partial charge is 0.163 e. The summed E-state index contributed by atoms with van der Waals surface area (Å²) >= 11 is 0. The topological polar surface area (TPSA) is 52.6 Å². The Morgan fingerprint density at radius 1 is 0.514 bits per heavy atom. The van der Waals surface area contributed by atoms with E-state index >= 15 is 0 Å². The lowest BCUT2D eigenvalue weighted by Gasteiger charge is -2.27. The van der Waals surface area contributed by atoms with Crippen molar-refractivity contribution in [1.82, 2.24) is 0 Å². The second kappa shape index (κ2) is 10.6. The van der Waals surface area contributed by atoms with E-state index in [1.165, 1.54) is 0 Å². The van der Waals surface area contributed by atoms with E-state index in [1.54, 1.807) is 0 Å². The molecule has 6 heteroatoms. The molecule has 0 amide bonds. The van der Waals surface area contributed by atoms with Crippen molar-refractivity contribution < 1.29 is 18.6 Å². The third-order valence-electron chi connectivity index (χ3n) is 6.85. The molecular formula is C31H32O4P2. The first-order chi connectivity index (χ1) is 17.8. The van der Waals surface area contributed by atoms with E-state index in [0.29, 0.717) is 0 Å². The summed E-state index contributed by atoms with van der Waals surface area (Å²) in [5.74, 6) is -0.883. The molecule has 37 heavy (non-hydrogen) atoms. The summed E-state index contributed by atoms with van der Waals surface area (Å²) in [5, 5.41) is 3.12. The standard InChI is InChI=1S/C31H32O4P2/c1-31(2)34-29(23-36(32,25-15-7-3-8-16-25)26-17-9-4-10-18-26)30(35-31)24-37(33,27-19-11-5-12-20-27)28-21-13-6-14-22-28/h3-22,29-30H,23-24H2,1-2H3. The number of ether oxygens (including phenoxy) is 2. The molecule has 5 rings (SSSR count). The van der Waals surface area contributed by atoms with Gasteiger partial charge >= 0.3 is 0 Å². The van der Waals surface area contributed by atoms with E-state index in [-0.39, 0.29) is 12.3 Å². The van der Waals surface area contributed by atoms with E-state index in [9.17, 15) is 9.13 Å². The Bertz CT molecular complexity index is 1210. The highest BCUT2D eigenvalue weighted by Crippen LogP contribution is 2.51. The number of benzene rings is 4. The summed E-state index contributed by atoms with van der Waals surface area (Å²) in [5.41, 5.74) is 0. The molecule has 0 aromatic heterocycles. The molecule has 1 aliphatic rings. The van der Waals surface area contributed by atoms with E-state index in [1.807, 2.05) is 135 Å². The lowest BCUT2D eigenvalue weighted by molar-refractivity contribution is -0.142. The van der Waals surface area contributed by atoms with Crippen molar-refractivity contribution in [3.05, 3.63) is 121 Å². The summed E-state index contributed by atoms with van der Waals surface area (Å²) in [7, 11) is -6.14. The molecule has 0 radical (unpaired) electrons. The van der Waals surface area contributed by atoms with Gasteiger partial charge in [0.2, 0.25) is 0 Å². The average molecular weight is 531 g/mol. The number of hydrogen-bond donors (Lipinski definition) is 0. The van der Waals surface area contributed by atoms with Gasteiger partial charge in [0.05, 0.1) is 12.2 Å². The Morgan fingerprint density at radius 3 is 1.00 bits per heavy atom. The van der Waals surface area contributed by atoms with Crippen LogP contribution in [0.15, 0.2) is 121 Å². The lowest BCUT2D eigenvalue weighted by atomic mass is 10.3. The number of rotatable bonds is 8. The van der Waals surface area contributed by atoms with Crippen LogP contribution in [-0.2, 0) is 18.6 Å². The van der Waals surface area contributed by atoms with Crippen LogP contribution in [0.2, 0.25) is 0 Å². The van der Waals surface area contributed by atoms with Crippen LogP contribution in [-0.4, -0.2) is 30.3 Å². The molecule has 1 heterocycles. The van der Waals surface area contributed by atoms with Gasteiger partial charge in [-0.25, -0.2) is 0 Å². The SMILES string of the molecule is CC1(C)OC(CP(=O)(c2ccccc2)c2ccccc2)C(CP(=O)(c2ccccc2)c2ccccc2)O1. The molecule has 1 aliphatic heterocycles. The zero-order chi connectivity index (χ0) is 25.9. The largest absolute Gasteiger partial charge is 0.344 e. The minimum atomic E-state index is -3.07. The van der Waals surface area contributed by atoms with Crippen molar-refractivity contribution in [2.45, 2.75) is 31.8 Å². The molecule has 0 N–H and O–H groups in total. The van der Waals surface area contributed by atoms with Crippen molar-refractivity contribution in [2.75, 3.05) is 12.3 Å². The van der Waals surface area contributed by atoms with Crippen LogP contribution >= 0.6 is 14.3 Å². The van der Waals surface area contributed by atoms with Crippen LogP contribution in [0.3, 0.4) is 0 Å². The van der Waals surface area contributed by atoms with E-state index in [0.717, 1.165) is 21.2 Å². The molecular weight excluding hydrogens is 498 g/mol. The van der Waals surface area contributed by atoms with Crippen molar-refractivity contribution in [3.8, 4) is 0 Å². The molecule has 4 aromatic rings. The van der Waals surface area contributed by atoms with E-state index in [2.05, 4.69) is 0 Å². The van der Waals surface area contributed by atoms with Gasteiger partial charge in [-0.05, 0) is 13.8 Å². The van der Waals surface area contributed by atoms with Crippen LogP contribution in [0.25, 0.3) is 0 Å². The average Bonchev–Trinajstić information content (AvgIpc) is 3.22. The summed E-state index contributed by atoms with van der Waals surface area (Å²) < 4.78 is 42.5. The second-order valence-corrected chi connectivity index (χ2v) is 15.7. The highest BCUT2D eigenvalue weighted by molar-refractivity contribution is 7.79. The maximum atomic E-state index is 14.8. The fourth-order valence-electron chi connectivity index (χ4n) is 5.12. The lowest BCUT2D eigenvalue weighted by Crippen LogP contribution is -2.36. The molecule has 4 aromatic carbocycles. The van der Waals surface area contributed by atoms with Crippen LogP contribution < -0.4 is 21.2 Å². The van der Waals surface area contributed by atoms with E-state index in [4.69, 9.17) is 9.47 Å². The molecule has 1 fully saturated rings. The molecule has 0 spiro atoms. The predicted molar refractivity (Wildman–Crippen MR) is 153 cm³/mol. The van der Waals surface area contributed by atoms with Gasteiger partial charge in [0, 0.05) is 33.5 Å². The van der Waals surface area contributed by atoms with Gasteiger partial charge in [-0.2, -0.15) is 0 Å². The zero-order valence-electron chi connectivity index (χ0n) is 21.1. The van der Waals surface area contributed by atoms with Crippen molar-refractivity contribution >= 4 is 35.5 Å². The third kappa shape index (κ3) is 5.44. The van der Waals surface area contributed by atoms with Crippen LogP contribution in [0.1, 0.15) is 13.8 Å². The van der Waals surface area contributed by atoms with Gasteiger partial charge in [-0.1, -0.05) is 121 Å². The van der Waals surface area contributed by atoms with Gasteiger partial charge < -0.3 is 18.6 Å². The summed E-state index contributed by atoms with van der Waals surface area (Å²) in [6.07, 6.45) is -0.471. The Morgan fingerprint density at radius 2 is 0.757 bits per heavy atom. The van der Waals surface area contributed by atoms with Gasteiger partial charge in [0.15, 0.2) is 5.79 Å². The fraction of sp³-hybridized carbons (Fsp3) is 0.226. The first-order valence-electron chi connectivity index (χ1n) is 12.6. The normalized spacial score (nSPS) is 19.5. The molecule has 1 saturated heterocycles. The second-order valence-electron chi connectivity index (χ2n) is 9.90. The van der Waals surface area contributed by atoms with Crippen molar-refractivity contribution in [1.29, 1.82) is 0 Å². The summed E-state index contributed by atoms with van der Waals surface area (Å²) in [4.78, 5) is 0.